The van der Waals surface area contributed by atoms with Crippen LogP contribution in [0.2, 0.25) is 0 Å². The Bertz CT molecular complexity index is 370. The Morgan fingerprint density at radius 3 is 2.39 bits per heavy atom. The Labute approximate surface area is 108 Å². The zero-order valence-corrected chi connectivity index (χ0v) is 11.8. The molecule has 0 aromatic carbocycles. The van der Waals surface area contributed by atoms with Gasteiger partial charge < -0.3 is 9.47 Å². The first-order chi connectivity index (χ1) is 8.20. The van der Waals surface area contributed by atoms with E-state index in [-0.39, 0.29) is 24.2 Å². The first-order valence-electron chi connectivity index (χ1n) is 6.29. The van der Waals surface area contributed by atoms with Crippen LogP contribution in [0.3, 0.4) is 0 Å². The van der Waals surface area contributed by atoms with E-state index < -0.39 is 17.7 Å². The molecule has 1 aliphatic rings. The average Bonchev–Trinajstić information content (AvgIpc) is 2.56. The van der Waals surface area contributed by atoms with Crippen molar-refractivity contribution in [1.82, 2.24) is 0 Å². The predicted molar refractivity (Wildman–Crippen MR) is 67.8 cm³/mol. The van der Waals surface area contributed by atoms with E-state index in [0.717, 1.165) is 0 Å². The van der Waals surface area contributed by atoms with Crippen LogP contribution >= 0.6 is 0 Å². The van der Waals surface area contributed by atoms with Gasteiger partial charge >= 0.3 is 11.9 Å². The molecule has 1 saturated heterocycles. The molecule has 0 saturated carbocycles. The molecule has 2 atom stereocenters. The highest BCUT2D eigenvalue weighted by atomic mass is 16.6. The molecule has 4 heteroatoms. The van der Waals surface area contributed by atoms with Gasteiger partial charge in [-0.25, -0.2) is 4.79 Å². The molecule has 1 heterocycles. The fraction of sp³-hybridized carbons (Fsp3) is 0.714. The van der Waals surface area contributed by atoms with Gasteiger partial charge in [0, 0.05) is 5.57 Å². The van der Waals surface area contributed by atoms with Crippen molar-refractivity contribution >= 4 is 11.9 Å². The van der Waals surface area contributed by atoms with Crippen LogP contribution in [0.15, 0.2) is 12.2 Å². The van der Waals surface area contributed by atoms with Crippen LogP contribution < -0.4 is 0 Å². The van der Waals surface area contributed by atoms with Gasteiger partial charge in [-0.15, -0.1) is 0 Å². The monoisotopic (exact) mass is 254 g/mol. The molecule has 0 aromatic heterocycles. The highest BCUT2D eigenvalue weighted by Crippen LogP contribution is 2.41. The summed E-state index contributed by atoms with van der Waals surface area (Å²) in [5, 5.41) is 0. The van der Waals surface area contributed by atoms with Crippen LogP contribution in [0.25, 0.3) is 0 Å². The molecule has 1 fully saturated rings. The molecule has 0 amide bonds. The second-order valence-corrected chi connectivity index (χ2v) is 5.61. The summed E-state index contributed by atoms with van der Waals surface area (Å²) in [5.74, 6) is -0.680. The number of rotatable bonds is 4. The Balaban J connectivity index is 3.09. The first kappa shape index (κ1) is 14.7. The third-order valence-electron chi connectivity index (χ3n) is 3.37. The summed E-state index contributed by atoms with van der Waals surface area (Å²) in [7, 11) is 0. The van der Waals surface area contributed by atoms with Crippen molar-refractivity contribution < 1.29 is 19.1 Å². The minimum atomic E-state index is -0.874. The minimum Gasteiger partial charge on any atom is -0.458 e. The summed E-state index contributed by atoms with van der Waals surface area (Å²) in [6.45, 7) is 12.9. The lowest BCUT2D eigenvalue weighted by Crippen LogP contribution is -2.49. The van der Waals surface area contributed by atoms with E-state index in [9.17, 15) is 9.59 Å². The number of cyclic esters (lactones) is 1. The molecule has 0 radical (unpaired) electrons. The molecule has 0 aliphatic carbocycles. The van der Waals surface area contributed by atoms with Crippen molar-refractivity contribution in [2.24, 2.45) is 11.8 Å². The fourth-order valence-corrected chi connectivity index (χ4v) is 2.31. The topological polar surface area (TPSA) is 52.6 Å². The van der Waals surface area contributed by atoms with Gasteiger partial charge in [0.15, 0.2) is 5.60 Å². The zero-order valence-electron chi connectivity index (χ0n) is 11.8. The number of hydrogen-bond donors (Lipinski definition) is 0. The smallest absolute Gasteiger partial charge is 0.333 e. The van der Waals surface area contributed by atoms with Crippen molar-refractivity contribution in [3.63, 3.8) is 0 Å². The van der Waals surface area contributed by atoms with Crippen molar-refractivity contribution in [3.8, 4) is 0 Å². The van der Waals surface area contributed by atoms with Gasteiger partial charge in [-0.1, -0.05) is 34.3 Å². The summed E-state index contributed by atoms with van der Waals surface area (Å²) in [4.78, 5) is 23.4. The van der Waals surface area contributed by atoms with Gasteiger partial charge in [0.1, 0.15) is 6.10 Å². The second-order valence-electron chi connectivity index (χ2n) is 5.61. The molecular formula is C14H22O4. The molecule has 0 aromatic rings. The standard InChI is InChI=1S/C14H22O4/c1-8(2)12-14(10(5)6,7-11(15)17-12)18-13(16)9(3)4/h8,10,12H,3,7H2,1-2,4-6H3. The summed E-state index contributed by atoms with van der Waals surface area (Å²) in [6.07, 6.45) is -0.278. The molecule has 2 unspecified atom stereocenters. The van der Waals surface area contributed by atoms with Gasteiger partial charge in [-0.3, -0.25) is 4.79 Å². The summed E-state index contributed by atoms with van der Waals surface area (Å²) in [5.41, 5.74) is -0.543. The molecular weight excluding hydrogens is 232 g/mol. The molecule has 0 N–H and O–H groups in total. The molecule has 0 spiro atoms. The average molecular weight is 254 g/mol. The predicted octanol–water partition coefficient (Wildman–Crippen LogP) is 2.47. The number of hydrogen-bond acceptors (Lipinski definition) is 4. The van der Waals surface area contributed by atoms with Crippen LogP contribution in [0.4, 0.5) is 0 Å². The van der Waals surface area contributed by atoms with E-state index >= 15 is 0 Å². The van der Waals surface area contributed by atoms with Crippen molar-refractivity contribution in [2.45, 2.75) is 52.7 Å². The van der Waals surface area contributed by atoms with Crippen LogP contribution in [0.1, 0.15) is 41.0 Å². The van der Waals surface area contributed by atoms with Crippen molar-refractivity contribution in [1.29, 1.82) is 0 Å². The zero-order chi connectivity index (χ0) is 14.1. The second kappa shape index (κ2) is 5.12. The maximum absolute atomic E-state index is 11.8. The summed E-state index contributed by atoms with van der Waals surface area (Å²) in [6, 6.07) is 0. The molecule has 0 bridgehead atoms. The molecule has 102 valence electrons. The maximum Gasteiger partial charge on any atom is 0.333 e. The number of carbonyl (C=O) groups is 2. The van der Waals surface area contributed by atoms with E-state index in [1.54, 1.807) is 6.92 Å². The van der Waals surface area contributed by atoms with E-state index in [1.807, 2.05) is 27.7 Å². The van der Waals surface area contributed by atoms with Gasteiger partial charge in [0.05, 0.1) is 6.42 Å². The van der Waals surface area contributed by atoms with Gasteiger partial charge in [0.25, 0.3) is 0 Å². The minimum absolute atomic E-state index is 0.000324. The Kier molecular flexibility index (Phi) is 4.20. The van der Waals surface area contributed by atoms with Gasteiger partial charge in [0.2, 0.25) is 0 Å². The molecule has 4 nitrogen and oxygen atoms in total. The lowest BCUT2D eigenvalue weighted by Gasteiger charge is -2.37. The fourth-order valence-electron chi connectivity index (χ4n) is 2.31. The number of ether oxygens (including phenoxy) is 2. The first-order valence-corrected chi connectivity index (χ1v) is 6.29. The summed E-state index contributed by atoms with van der Waals surface area (Å²) >= 11 is 0. The Morgan fingerprint density at radius 1 is 1.44 bits per heavy atom. The molecule has 1 rings (SSSR count). The van der Waals surface area contributed by atoms with E-state index in [0.29, 0.717) is 5.57 Å². The molecule has 18 heavy (non-hydrogen) atoms. The third kappa shape index (κ3) is 2.57. The van der Waals surface area contributed by atoms with Crippen LogP contribution in [-0.2, 0) is 19.1 Å². The van der Waals surface area contributed by atoms with Crippen molar-refractivity contribution in [3.05, 3.63) is 12.2 Å². The lowest BCUT2D eigenvalue weighted by molar-refractivity contribution is -0.172. The quantitative estimate of drug-likeness (QED) is 0.571. The van der Waals surface area contributed by atoms with Crippen LogP contribution in [-0.4, -0.2) is 23.6 Å². The molecule has 1 aliphatic heterocycles. The highest BCUT2D eigenvalue weighted by Gasteiger charge is 2.55. The lowest BCUT2D eigenvalue weighted by atomic mass is 9.79. The van der Waals surface area contributed by atoms with Gasteiger partial charge in [-0.2, -0.15) is 0 Å². The van der Waals surface area contributed by atoms with Crippen LogP contribution in [0, 0.1) is 11.8 Å². The van der Waals surface area contributed by atoms with Gasteiger partial charge in [-0.05, 0) is 18.8 Å². The maximum atomic E-state index is 11.8. The SMILES string of the molecule is C=C(C)C(=O)OC1(C(C)C)CC(=O)OC1C(C)C. The van der Waals surface area contributed by atoms with Crippen molar-refractivity contribution in [2.75, 3.05) is 0 Å². The third-order valence-corrected chi connectivity index (χ3v) is 3.37. The van der Waals surface area contributed by atoms with E-state index in [1.165, 1.54) is 0 Å². The largest absolute Gasteiger partial charge is 0.458 e. The number of carbonyl (C=O) groups excluding carboxylic acids is 2. The summed E-state index contributed by atoms with van der Waals surface area (Å²) < 4.78 is 10.9. The normalized spacial score (nSPS) is 27.5. The van der Waals surface area contributed by atoms with E-state index in [4.69, 9.17) is 9.47 Å². The number of esters is 2. The Morgan fingerprint density at radius 2 is 2.00 bits per heavy atom. The Hall–Kier alpha value is -1.32. The van der Waals surface area contributed by atoms with E-state index in [2.05, 4.69) is 6.58 Å². The van der Waals surface area contributed by atoms with Crippen LogP contribution in [0.5, 0.6) is 0 Å². The highest BCUT2D eigenvalue weighted by molar-refractivity contribution is 5.88.